The van der Waals surface area contributed by atoms with Crippen LogP contribution in [0.2, 0.25) is 0 Å². The number of rotatable bonds is 6. The van der Waals surface area contributed by atoms with E-state index < -0.39 is 70.8 Å². The first-order chi connectivity index (χ1) is 20.3. The molecule has 0 aromatic heterocycles. The molecule has 2 aromatic carbocycles. The van der Waals surface area contributed by atoms with Crippen molar-refractivity contribution in [2.45, 2.75) is 24.5 Å². The van der Waals surface area contributed by atoms with E-state index in [0.717, 1.165) is 0 Å². The number of benzene rings is 2. The molecule has 0 spiro atoms. The number of ketones is 2. The molecule has 3 aliphatic carbocycles. The Hall–Kier alpha value is -4.75. The number of fused-ring (bicyclic) bond motifs is 3. The summed E-state index contributed by atoms with van der Waals surface area (Å²) >= 11 is 0. The number of carbonyl (C=O) groups is 4. The van der Waals surface area contributed by atoms with E-state index in [1.165, 1.54) is 11.0 Å². The summed E-state index contributed by atoms with van der Waals surface area (Å²) in [7, 11) is 3.12. The molecule has 5 rings (SSSR count). The van der Waals surface area contributed by atoms with Gasteiger partial charge in [0.2, 0.25) is 5.78 Å². The van der Waals surface area contributed by atoms with Gasteiger partial charge in [-0.25, -0.2) is 9.18 Å². The average molecular weight is 596 g/mol. The van der Waals surface area contributed by atoms with Crippen LogP contribution in [-0.4, -0.2) is 87.9 Å². The number of ether oxygens (including phenoxy) is 1. The van der Waals surface area contributed by atoms with Crippen LogP contribution in [-0.2, 0) is 20.7 Å². The highest BCUT2D eigenvalue weighted by molar-refractivity contribution is 6.25. The van der Waals surface area contributed by atoms with Gasteiger partial charge in [0.1, 0.15) is 36.1 Å². The fourth-order valence-electron chi connectivity index (χ4n) is 6.54. The molecule has 226 valence electrons. The summed E-state index contributed by atoms with van der Waals surface area (Å²) in [5.74, 6) is -7.20. The molecule has 0 fully saturated rings. The molecule has 0 radical (unpaired) electrons. The van der Waals surface area contributed by atoms with Gasteiger partial charge >= 0.3 is 6.09 Å². The largest absolute Gasteiger partial charge is 0.510 e. The monoisotopic (exact) mass is 595 g/mol. The fourth-order valence-corrected chi connectivity index (χ4v) is 6.54. The van der Waals surface area contributed by atoms with E-state index in [2.05, 4.69) is 10.1 Å². The topological polar surface area (TPSA) is 200 Å². The Bertz CT molecular complexity index is 1620. The molecular weight excluding hydrogens is 565 g/mol. The Kier molecular flexibility index (Phi) is 7.48. The van der Waals surface area contributed by atoms with Gasteiger partial charge in [0.15, 0.2) is 11.4 Å². The summed E-state index contributed by atoms with van der Waals surface area (Å²) in [5.41, 5.74) is 3.44. The molecule has 12 nitrogen and oxygen atoms in total. The van der Waals surface area contributed by atoms with Crippen LogP contribution in [0.4, 0.5) is 14.9 Å². The Morgan fingerprint density at radius 1 is 1.12 bits per heavy atom. The zero-order chi connectivity index (χ0) is 31.4. The van der Waals surface area contributed by atoms with Crippen molar-refractivity contribution in [3.05, 3.63) is 70.2 Å². The molecule has 13 heteroatoms. The number of nitrogens with one attached hydrogen (secondary N) is 1. The zero-order valence-electron chi connectivity index (χ0n) is 23.3. The molecule has 0 saturated carbocycles. The van der Waals surface area contributed by atoms with Crippen molar-refractivity contribution in [3.8, 4) is 16.9 Å². The standard InChI is InChI=1S/C30H30FN3O9/c1-34(2)23-18-12-14-11-17-16(13-3-5-15(6-4-13)33-29(41)43-10-9-31)7-8-19(35)21(17)24(36)20(14)26(38)30(18,42)27(39)22(25(23)37)28(32)40/h3-8,14,18,23,35,37-38,42H,9-12H2,1-2H3,(H2,32,40)(H,33,41)/t14-,18+,23+,30-/m0/s1. The lowest BCUT2D eigenvalue weighted by molar-refractivity contribution is -0.148. The molecule has 0 aliphatic heterocycles. The summed E-state index contributed by atoms with van der Waals surface area (Å²) in [6.07, 6.45) is -0.742. The van der Waals surface area contributed by atoms with Crippen LogP contribution in [0.5, 0.6) is 5.75 Å². The maximum absolute atomic E-state index is 13.9. The number of hydrogen-bond acceptors (Lipinski definition) is 10. The molecule has 43 heavy (non-hydrogen) atoms. The minimum atomic E-state index is -2.72. The van der Waals surface area contributed by atoms with E-state index in [9.17, 15) is 44.0 Å². The Balaban J connectivity index is 1.58. The highest BCUT2D eigenvalue weighted by atomic mass is 19.1. The van der Waals surface area contributed by atoms with Crippen molar-refractivity contribution >= 4 is 29.3 Å². The van der Waals surface area contributed by atoms with Gasteiger partial charge in [0.05, 0.1) is 11.6 Å². The summed E-state index contributed by atoms with van der Waals surface area (Å²) < 4.78 is 16.9. The van der Waals surface area contributed by atoms with Gasteiger partial charge in [-0.2, -0.15) is 0 Å². The number of amides is 2. The first-order valence-corrected chi connectivity index (χ1v) is 13.4. The summed E-state index contributed by atoms with van der Waals surface area (Å²) in [6, 6.07) is 8.33. The highest BCUT2D eigenvalue weighted by Crippen LogP contribution is 2.53. The number of nitrogens with two attached hydrogens (primary N) is 1. The number of aliphatic hydroxyl groups excluding tert-OH is 2. The second-order valence-corrected chi connectivity index (χ2v) is 11.0. The van der Waals surface area contributed by atoms with Crippen molar-refractivity contribution in [2.75, 3.05) is 32.7 Å². The maximum atomic E-state index is 13.9. The van der Waals surface area contributed by atoms with Gasteiger partial charge in [-0.1, -0.05) is 18.2 Å². The molecule has 7 N–H and O–H groups in total. The number of primary amides is 1. The van der Waals surface area contributed by atoms with Crippen LogP contribution in [0, 0.1) is 11.8 Å². The van der Waals surface area contributed by atoms with E-state index in [-0.39, 0.29) is 36.3 Å². The zero-order valence-corrected chi connectivity index (χ0v) is 23.3. The van der Waals surface area contributed by atoms with E-state index in [1.807, 2.05) is 0 Å². The third-order valence-electron chi connectivity index (χ3n) is 8.36. The Morgan fingerprint density at radius 3 is 2.40 bits per heavy atom. The number of phenols is 1. The van der Waals surface area contributed by atoms with Crippen molar-refractivity contribution in [1.29, 1.82) is 0 Å². The minimum absolute atomic E-state index is 0.0370. The number of carbonyl (C=O) groups excluding carboxylic acids is 4. The van der Waals surface area contributed by atoms with E-state index >= 15 is 0 Å². The SMILES string of the molecule is CN(C)[C@H]1C(O)=C(C(N)=O)C(=O)[C@@]2(O)C(O)=C3C(=O)c4c(O)ccc(-c5ccc(NC(=O)OCCF)cc5)c4C[C@H]3C[C@H]12. The molecule has 0 saturated heterocycles. The molecule has 0 heterocycles. The first kappa shape index (κ1) is 29.7. The van der Waals surface area contributed by atoms with Crippen molar-refractivity contribution in [3.63, 3.8) is 0 Å². The fraction of sp³-hybridized carbons (Fsp3) is 0.333. The van der Waals surface area contributed by atoms with E-state index in [1.54, 1.807) is 44.4 Å². The van der Waals surface area contributed by atoms with Gasteiger partial charge in [-0.3, -0.25) is 24.6 Å². The molecule has 0 bridgehead atoms. The van der Waals surface area contributed by atoms with Crippen LogP contribution in [0.1, 0.15) is 22.3 Å². The number of Topliss-reactive ketones (excluding diaryl/α,β-unsaturated/α-hetero) is 2. The van der Waals surface area contributed by atoms with Crippen LogP contribution in [0.25, 0.3) is 11.1 Å². The number of hydrogen-bond donors (Lipinski definition) is 6. The number of allylic oxidation sites excluding steroid dienone is 1. The lowest BCUT2D eigenvalue weighted by Crippen LogP contribution is -2.63. The number of likely N-dealkylation sites (N-methyl/N-ethyl adjacent to an activating group) is 1. The van der Waals surface area contributed by atoms with Crippen LogP contribution in [0.15, 0.2) is 59.1 Å². The number of halogens is 1. The number of anilines is 1. The van der Waals surface area contributed by atoms with Crippen LogP contribution >= 0.6 is 0 Å². The predicted octanol–water partition coefficient (Wildman–Crippen LogP) is 2.31. The smallest absolute Gasteiger partial charge is 0.411 e. The van der Waals surface area contributed by atoms with Crippen molar-refractivity contribution in [1.82, 2.24) is 4.90 Å². The van der Waals surface area contributed by atoms with Crippen LogP contribution in [0.3, 0.4) is 0 Å². The average Bonchev–Trinajstić information content (AvgIpc) is 2.94. The normalized spacial score (nSPS) is 24.8. The lowest BCUT2D eigenvalue weighted by Gasteiger charge is -2.50. The third kappa shape index (κ3) is 4.61. The minimum Gasteiger partial charge on any atom is -0.510 e. The van der Waals surface area contributed by atoms with E-state index in [0.29, 0.717) is 22.4 Å². The van der Waals surface area contributed by atoms with Crippen molar-refractivity contribution in [2.24, 2.45) is 17.6 Å². The summed E-state index contributed by atoms with van der Waals surface area (Å²) in [5, 5.41) is 47.2. The number of phenolic OH excluding ortho intramolecular Hbond substituents is 1. The maximum Gasteiger partial charge on any atom is 0.411 e. The predicted molar refractivity (Wildman–Crippen MR) is 150 cm³/mol. The molecular formula is C30H30FN3O9. The molecule has 2 amide bonds. The lowest BCUT2D eigenvalue weighted by atomic mass is 9.58. The number of aliphatic hydroxyl groups is 3. The Labute approximate surface area is 244 Å². The highest BCUT2D eigenvalue weighted by Gasteiger charge is 2.63. The number of alkyl halides is 1. The van der Waals surface area contributed by atoms with Gasteiger partial charge < -0.3 is 30.9 Å². The van der Waals surface area contributed by atoms with Gasteiger partial charge in [0.25, 0.3) is 5.91 Å². The first-order valence-electron chi connectivity index (χ1n) is 13.4. The van der Waals surface area contributed by atoms with Gasteiger partial charge in [-0.05, 0) is 67.7 Å². The van der Waals surface area contributed by atoms with E-state index in [4.69, 9.17) is 5.73 Å². The van der Waals surface area contributed by atoms with Crippen molar-refractivity contribution < 1.29 is 48.7 Å². The molecule has 2 aromatic rings. The third-order valence-corrected chi connectivity index (χ3v) is 8.36. The molecule has 4 atom stereocenters. The number of aromatic hydroxyl groups is 1. The number of nitrogens with zero attached hydrogens (tertiary/aromatic N) is 1. The van der Waals surface area contributed by atoms with Gasteiger partial charge in [-0.15, -0.1) is 0 Å². The molecule has 3 aliphatic rings. The van der Waals surface area contributed by atoms with Crippen LogP contribution < -0.4 is 11.1 Å². The Morgan fingerprint density at radius 2 is 1.79 bits per heavy atom. The summed E-state index contributed by atoms with van der Waals surface area (Å²) in [6.45, 7) is -1.19. The quantitative estimate of drug-likeness (QED) is 0.269. The summed E-state index contributed by atoms with van der Waals surface area (Å²) in [4.78, 5) is 52.7. The second kappa shape index (κ2) is 10.8. The second-order valence-electron chi connectivity index (χ2n) is 11.0. The van der Waals surface area contributed by atoms with Gasteiger partial charge in [0, 0.05) is 17.2 Å². The molecule has 0 unspecified atom stereocenters.